The molecule has 2 aliphatic rings. The van der Waals surface area contributed by atoms with Gasteiger partial charge in [0.2, 0.25) is 5.89 Å². The van der Waals surface area contributed by atoms with Gasteiger partial charge in [0, 0.05) is 42.5 Å². The van der Waals surface area contributed by atoms with Crippen molar-refractivity contribution in [3.63, 3.8) is 0 Å². The summed E-state index contributed by atoms with van der Waals surface area (Å²) in [5.74, 6) is 1.57. The van der Waals surface area contributed by atoms with Crippen molar-refractivity contribution in [2.75, 3.05) is 6.54 Å². The molecule has 0 saturated heterocycles. The van der Waals surface area contributed by atoms with E-state index in [-0.39, 0.29) is 5.91 Å². The van der Waals surface area contributed by atoms with Gasteiger partial charge in [0.15, 0.2) is 0 Å². The molecular formula is C22H18N4O2. The van der Waals surface area contributed by atoms with Crippen LogP contribution >= 0.6 is 0 Å². The van der Waals surface area contributed by atoms with Crippen LogP contribution in [0.25, 0.3) is 17.1 Å². The molecule has 138 valence electrons. The van der Waals surface area contributed by atoms with Gasteiger partial charge in [-0.05, 0) is 42.2 Å². The maximum absolute atomic E-state index is 12.9. The van der Waals surface area contributed by atoms with Crippen molar-refractivity contribution in [2.24, 2.45) is 5.92 Å². The maximum atomic E-state index is 12.9. The van der Waals surface area contributed by atoms with Gasteiger partial charge in [0.05, 0.1) is 11.9 Å². The van der Waals surface area contributed by atoms with Crippen molar-refractivity contribution in [3.8, 4) is 11.5 Å². The molecule has 0 bridgehead atoms. The third kappa shape index (κ3) is 2.37. The van der Waals surface area contributed by atoms with E-state index in [0.29, 0.717) is 24.3 Å². The summed E-state index contributed by atoms with van der Waals surface area (Å²) in [4.78, 5) is 23.9. The van der Waals surface area contributed by atoms with Crippen LogP contribution in [0.5, 0.6) is 0 Å². The minimum atomic E-state index is 0.101. The van der Waals surface area contributed by atoms with Gasteiger partial charge in [-0.1, -0.05) is 12.1 Å². The Morgan fingerprint density at radius 3 is 2.93 bits per heavy atom. The number of fused-ring (bicyclic) bond motifs is 2. The van der Waals surface area contributed by atoms with Crippen LogP contribution < -0.4 is 0 Å². The summed E-state index contributed by atoms with van der Waals surface area (Å²) in [7, 11) is 0. The minimum absolute atomic E-state index is 0.101. The zero-order valence-electron chi connectivity index (χ0n) is 15.2. The molecule has 4 heterocycles. The molecule has 0 spiro atoms. The molecule has 4 aromatic rings. The van der Waals surface area contributed by atoms with Gasteiger partial charge in [-0.15, -0.1) is 0 Å². The number of oxazole rings is 1. The van der Waals surface area contributed by atoms with Gasteiger partial charge in [0.1, 0.15) is 11.9 Å². The molecule has 1 fully saturated rings. The first kappa shape index (κ1) is 15.6. The first-order chi connectivity index (χ1) is 13.8. The van der Waals surface area contributed by atoms with Crippen LogP contribution in [0.1, 0.15) is 34.0 Å². The van der Waals surface area contributed by atoms with Gasteiger partial charge in [0.25, 0.3) is 5.91 Å². The second-order valence-electron chi connectivity index (χ2n) is 7.59. The number of carbonyl (C=O) groups excluding carboxylic acids is 1. The van der Waals surface area contributed by atoms with Crippen LogP contribution in [0.15, 0.2) is 65.7 Å². The Bertz CT molecular complexity index is 1160. The molecule has 1 saturated carbocycles. The van der Waals surface area contributed by atoms with Crippen molar-refractivity contribution in [1.29, 1.82) is 0 Å². The quantitative estimate of drug-likeness (QED) is 0.549. The molecule has 0 N–H and O–H groups in total. The average Bonchev–Trinajstić information content (AvgIpc) is 3.08. The first-order valence-electron chi connectivity index (χ1n) is 9.52. The number of amides is 1. The number of nitrogens with zero attached hydrogens (tertiary/aromatic N) is 4. The van der Waals surface area contributed by atoms with E-state index in [0.717, 1.165) is 41.0 Å². The number of aromatic nitrogens is 3. The normalized spacial score (nSPS) is 20.7. The Labute approximate surface area is 161 Å². The van der Waals surface area contributed by atoms with Crippen LogP contribution in [-0.4, -0.2) is 31.7 Å². The molecule has 1 aromatic carbocycles. The number of carbonyl (C=O) groups is 1. The lowest BCUT2D eigenvalue weighted by Crippen LogP contribution is -2.26. The monoisotopic (exact) mass is 370 g/mol. The summed E-state index contributed by atoms with van der Waals surface area (Å²) in [5.41, 5.74) is 4.79. The summed E-state index contributed by atoms with van der Waals surface area (Å²) < 4.78 is 7.52. The lowest BCUT2D eigenvalue weighted by molar-refractivity contribution is 0.0770. The fraction of sp³-hybridized carbons (Fsp3) is 0.227. The van der Waals surface area contributed by atoms with E-state index in [9.17, 15) is 4.79 Å². The van der Waals surface area contributed by atoms with Crippen molar-refractivity contribution in [1.82, 2.24) is 19.3 Å². The highest BCUT2D eigenvalue weighted by Crippen LogP contribution is 2.48. The highest BCUT2D eigenvalue weighted by atomic mass is 16.3. The van der Waals surface area contributed by atoms with E-state index >= 15 is 0 Å². The summed E-state index contributed by atoms with van der Waals surface area (Å²) in [6.07, 6.45) is 8.41. The Morgan fingerprint density at radius 2 is 2.07 bits per heavy atom. The van der Waals surface area contributed by atoms with E-state index in [2.05, 4.69) is 15.6 Å². The van der Waals surface area contributed by atoms with Crippen LogP contribution in [0.2, 0.25) is 0 Å². The van der Waals surface area contributed by atoms with Crippen LogP contribution in [0.3, 0.4) is 0 Å². The SMILES string of the molecule is O=C1c2cccc(-c3ncco3)c2CN1CC1CC1c1cn2ccccc2n1. The second kappa shape index (κ2) is 5.79. The second-order valence-corrected chi connectivity index (χ2v) is 7.59. The zero-order valence-corrected chi connectivity index (χ0v) is 15.2. The standard InChI is InChI=1S/C22H18N4O2/c27-22-16-5-3-4-15(21-23-7-9-28-21)18(16)12-26(22)11-14-10-17(14)19-13-25-8-2-1-6-20(25)24-19/h1-9,13-14,17H,10-12H2. The molecular weight excluding hydrogens is 352 g/mol. The van der Waals surface area contributed by atoms with Crippen molar-refractivity contribution >= 4 is 11.6 Å². The van der Waals surface area contributed by atoms with Gasteiger partial charge in [-0.2, -0.15) is 0 Å². The number of hydrogen-bond donors (Lipinski definition) is 0. The van der Waals surface area contributed by atoms with Crippen molar-refractivity contribution in [2.45, 2.75) is 18.9 Å². The molecule has 1 aliphatic heterocycles. The highest BCUT2D eigenvalue weighted by molar-refractivity contribution is 6.00. The molecule has 2 atom stereocenters. The largest absolute Gasteiger partial charge is 0.445 e. The summed E-state index contributed by atoms with van der Waals surface area (Å²) in [6, 6.07) is 11.8. The minimum Gasteiger partial charge on any atom is -0.445 e. The van der Waals surface area contributed by atoms with E-state index in [1.54, 1.807) is 12.5 Å². The van der Waals surface area contributed by atoms with E-state index in [1.165, 1.54) is 0 Å². The lowest BCUT2D eigenvalue weighted by atomic mass is 10.0. The molecule has 0 radical (unpaired) electrons. The fourth-order valence-electron chi connectivity index (χ4n) is 4.32. The number of pyridine rings is 1. The van der Waals surface area contributed by atoms with Crippen molar-refractivity contribution < 1.29 is 9.21 Å². The van der Waals surface area contributed by atoms with Crippen LogP contribution in [0.4, 0.5) is 0 Å². The number of imidazole rings is 1. The third-order valence-corrected chi connectivity index (χ3v) is 5.85. The molecule has 1 aliphatic carbocycles. The summed E-state index contributed by atoms with van der Waals surface area (Å²) >= 11 is 0. The maximum Gasteiger partial charge on any atom is 0.254 e. The van der Waals surface area contributed by atoms with E-state index in [4.69, 9.17) is 9.40 Å². The molecule has 2 unspecified atom stereocenters. The molecule has 6 nitrogen and oxygen atoms in total. The van der Waals surface area contributed by atoms with E-state index in [1.807, 2.05) is 47.5 Å². The van der Waals surface area contributed by atoms with Gasteiger partial charge < -0.3 is 13.7 Å². The Balaban J connectivity index is 1.22. The number of hydrogen-bond acceptors (Lipinski definition) is 4. The lowest BCUT2D eigenvalue weighted by Gasteiger charge is -2.15. The third-order valence-electron chi connectivity index (χ3n) is 5.85. The molecule has 1 amide bonds. The fourth-order valence-corrected chi connectivity index (χ4v) is 4.32. The topological polar surface area (TPSA) is 63.6 Å². The highest BCUT2D eigenvalue weighted by Gasteiger charge is 2.43. The summed E-state index contributed by atoms with van der Waals surface area (Å²) in [5, 5.41) is 0. The van der Waals surface area contributed by atoms with Gasteiger partial charge in [-0.25, -0.2) is 9.97 Å². The summed E-state index contributed by atoms with van der Waals surface area (Å²) in [6.45, 7) is 1.37. The zero-order chi connectivity index (χ0) is 18.7. The number of rotatable bonds is 4. The molecule has 6 rings (SSSR count). The van der Waals surface area contributed by atoms with Gasteiger partial charge >= 0.3 is 0 Å². The molecule has 3 aromatic heterocycles. The predicted octanol–water partition coefficient (Wildman–Crippen LogP) is 3.75. The molecule has 6 heteroatoms. The Kier molecular flexibility index (Phi) is 3.23. The predicted molar refractivity (Wildman–Crippen MR) is 103 cm³/mol. The van der Waals surface area contributed by atoms with Crippen molar-refractivity contribution in [3.05, 3.63) is 78.1 Å². The van der Waals surface area contributed by atoms with E-state index < -0.39 is 0 Å². The Morgan fingerprint density at radius 1 is 1.14 bits per heavy atom. The first-order valence-corrected chi connectivity index (χ1v) is 9.52. The average molecular weight is 370 g/mol. The molecule has 28 heavy (non-hydrogen) atoms. The van der Waals surface area contributed by atoms with Gasteiger partial charge in [-0.3, -0.25) is 4.79 Å². The Hall–Kier alpha value is -3.41. The van der Waals surface area contributed by atoms with Crippen LogP contribution in [-0.2, 0) is 6.54 Å². The van der Waals surface area contributed by atoms with Crippen LogP contribution in [0, 0.1) is 5.92 Å². The number of benzene rings is 1. The smallest absolute Gasteiger partial charge is 0.254 e.